The highest BCUT2D eigenvalue weighted by atomic mass is 16.5. The summed E-state index contributed by atoms with van der Waals surface area (Å²) in [7, 11) is 1.72. The van der Waals surface area contributed by atoms with Crippen LogP contribution in [-0.4, -0.2) is 25.9 Å². The summed E-state index contributed by atoms with van der Waals surface area (Å²) in [6, 6.07) is 6.29. The lowest BCUT2D eigenvalue weighted by Crippen LogP contribution is -2.48. The Hall–Kier alpha value is -1.06. The highest BCUT2D eigenvalue weighted by Gasteiger charge is 2.26. The molecule has 0 bridgehead atoms. The first-order valence-electron chi connectivity index (χ1n) is 6.59. The van der Waals surface area contributed by atoms with Gasteiger partial charge in [0.05, 0.1) is 13.7 Å². The number of hydrogen-bond donors (Lipinski definition) is 1. The fourth-order valence-electron chi connectivity index (χ4n) is 2.43. The molecule has 1 aromatic carbocycles. The van der Waals surface area contributed by atoms with Crippen LogP contribution in [0.3, 0.4) is 0 Å². The first kappa shape index (κ1) is 13.4. The second-order valence-electron chi connectivity index (χ2n) is 5.39. The van der Waals surface area contributed by atoms with E-state index in [1.165, 1.54) is 17.5 Å². The summed E-state index contributed by atoms with van der Waals surface area (Å²) in [5.41, 5.74) is 2.56. The van der Waals surface area contributed by atoms with Gasteiger partial charge in [-0.25, -0.2) is 0 Å². The molecule has 0 aliphatic carbocycles. The van der Waals surface area contributed by atoms with E-state index in [0.717, 1.165) is 31.9 Å². The van der Waals surface area contributed by atoms with Crippen LogP contribution in [0.15, 0.2) is 18.2 Å². The first-order chi connectivity index (χ1) is 8.63. The number of hydrogen-bond acceptors (Lipinski definition) is 3. The molecule has 18 heavy (non-hydrogen) atoms. The molecule has 1 aliphatic rings. The van der Waals surface area contributed by atoms with Gasteiger partial charge in [0, 0.05) is 24.3 Å². The predicted octanol–water partition coefficient (Wildman–Crippen LogP) is 2.66. The van der Waals surface area contributed by atoms with E-state index in [0.29, 0.717) is 0 Å². The fourth-order valence-corrected chi connectivity index (χ4v) is 2.43. The molecule has 3 heteroatoms. The average Bonchev–Trinajstić information content (AvgIpc) is 2.38. The Morgan fingerprint density at radius 2 is 2.28 bits per heavy atom. The van der Waals surface area contributed by atoms with E-state index in [-0.39, 0.29) is 5.54 Å². The molecule has 1 atom stereocenters. The zero-order valence-corrected chi connectivity index (χ0v) is 11.6. The predicted molar refractivity (Wildman–Crippen MR) is 73.0 cm³/mol. The van der Waals surface area contributed by atoms with Crippen LogP contribution < -0.4 is 10.1 Å². The van der Waals surface area contributed by atoms with Gasteiger partial charge >= 0.3 is 0 Å². The molecule has 0 amide bonds. The van der Waals surface area contributed by atoms with Gasteiger partial charge in [-0.2, -0.15) is 0 Å². The molecular formula is C15H23NO2. The fraction of sp³-hybridized carbons (Fsp3) is 0.600. The zero-order chi connectivity index (χ0) is 13.0. The molecule has 0 radical (unpaired) electrons. The number of nitrogens with one attached hydrogen (secondary N) is 1. The molecule has 1 aromatic rings. The third-order valence-corrected chi connectivity index (χ3v) is 3.58. The van der Waals surface area contributed by atoms with Crippen molar-refractivity contribution in [2.45, 2.75) is 38.8 Å². The number of ether oxygens (including phenoxy) is 2. The van der Waals surface area contributed by atoms with Crippen molar-refractivity contribution in [1.29, 1.82) is 0 Å². The van der Waals surface area contributed by atoms with Gasteiger partial charge < -0.3 is 14.8 Å². The van der Waals surface area contributed by atoms with Crippen LogP contribution in [0.4, 0.5) is 0 Å². The van der Waals surface area contributed by atoms with Crippen LogP contribution in [0.25, 0.3) is 0 Å². The molecule has 1 N–H and O–H groups in total. The summed E-state index contributed by atoms with van der Waals surface area (Å²) in [4.78, 5) is 0. The van der Waals surface area contributed by atoms with Gasteiger partial charge in [0.25, 0.3) is 0 Å². The van der Waals surface area contributed by atoms with Gasteiger partial charge in [-0.05, 0) is 32.8 Å². The van der Waals surface area contributed by atoms with Crippen LogP contribution in [0.1, 0.15) is 30.9 Å². The molecule has 1 heterocycles. The molecule has 1 unspecified atom stereocenters. The van der Waals surface area contributed by atoms with Crippen molar-refractivity contribution in [3.05, 3.63) is 29.3 Å². The van der Waals surface area contributed by atoms with Crippen molar-refractivity contribution < 1.29 is 9.47 Å². The highest BCUT2D eigenvalue weighted by molar-refractivity contribution is 5.36. The Morgan fingerprint density at radius 3 is 2.94 bits per heavy atom. The molecule has 2 rings (SSSR count). The van der Waals surface area contributed by atoms with Gasteiger partial charge in [-0.3, -0.25) is 0 Å². The van der Waals surface area contributed by atoms with E-state index in [1.807, 2.05) is 6.07 Å². The minimum absolute atomic E-state index is 0.0903. The molecular weight excluding hydrogens is 226 g/mol. The van der Waals surface area contributed by atoms with Crippen molar-refractivity contribution in [1.82, 2.24) is 5.32 Å². The summed E-state index contributed by atoms with van der Waals surface area (Å²) >= 11 is 0. The van der Waals surface area contributed by atoms with Crippen LogP contribution in [0.5, 0.6) is 5.75 Å². The number of aryl methyl sites for hydroxylation is 1. The lowest BCUT2D eigenvalue weighted by molar-refractivity contribution is 0.0277. The zero-order valence-electron chi connectivity index (χ0n) is 11.6. The van der Waals surface area contributed by atoms with E-state index >= 15 is 0 Å². The minimum atomic E-state index is 0.0903. The maximum absolute atomic E-state index is 5.56. The van der Waals surface area contributed by atoms with Crippen LogP contribution in [-0.2, 0) is 11.3 Å². The van der Waals surface area contributed by atoms with Gasteiger partial charge in [0.15, 0.2) is 0 Å². The SMILES string of the molecule is COc1ccc(C)cc1CNC1(C)CCCOC1. The van der Waals surface area contributed by atoms with Crippen molar-refractivity contribution in [2.24, 2.45) is 0 Å². The number of rotatable bonds is 4. The van der Waals surface area contributed by atoms with Crippen molar-refractivity contribution >= 4 is 0 Å². The van der Waals surface area contributed by atoms with E-state index in [9.17, 15) is 0 Å². The Bertz CT molecular complexity index is 397. The lowest BCUT2D eigenvalue weighted by atomic mass is 9.94. The maximum atomic E-state index is 5.56. The standard InChI is InChI=1S/C15H23NO2/c1-12-5-6-14(17-3)13(9-12)10-16-15(2)7-4-8-18-11-15/h5-6,9,16H,4,7-8,10-11H2,1-3H3. The third kappa shape index (κ3) is 3.24. The van der Waals surface area contributed by atoms with Gasteiger partial charge in [0.1, 0.15) is 5.75 Å². The summed E-state index contributed by atoms with van der Waals surface area (Å²) in [6.07, 6.45) is 2.30. The summed E-state index contributed by atoms with van der Waals surface area (Å²) in [6.45, 7) is 6.85. The first-order valence-corrected chi connectivity index (χ1v) is 6.59. The van der Waals surface area contributed by atoms with Crippen molar-refractivity contribution in [3.63, 3.8) is 0 Å². The number of benzene rings is 1. The van der Waals surface area contributed by atoms with E-state index in [2.05, 4.69) is 31.3 Å². The second kappa shape index (κ2) is 5.72. The van der Waals surface area contributed by atoms with E-state index in [1.54, 1.807) is 7.11 Å². The quantitative estimate of drug-likeness (QED) is 0.890. The van der Waals surface area contributed by atoms with Crippen LogP contribution >= 0.6 is 0 Å². The van der Waals surface area contributed by atoms with Gasteiger partial charge in [-0.15, -0.1) is 0 Å². The minimum Gasteiger partial charge on any atom is -0.496 e. The monoisotopic (exact) mass is 249 g/mol. The largest absolute Gasteiger partial charge is 0.496 e. The Balaban J connectivity index is 2.02. The summed E-state index contributed by atoms with van der Waals surface area (Å²) in [5, 5.41) is 3.61. The molecule has 1 aliphatic heterocycles. The molecule has 1 fully saturated rings. The third-order valence-electron chi connectivity index (χ3n) is 3.58. The summed E-state index contributed by atoms with van der Waals surface area (Å²) < 4.78 is 11.0. The van der Waals surface area contributed by atoms with Crippen LogP contribution in [0, 0.1) is 6.92 Å². The van der Waals surface area contributed by atoms with Gasteiger partial charge in [0.2, 0.25) is 0 Å². The average molecular weight is 249 g/mol. The molecule has 0 spiro atoms. The second-order valence-corrected chi connectivity index (χ2v) is 5.39. The normalized spacial score (nSPS) is 23.9. The van der Waals surface area contributed by atoms with Crippen LogP contribution in [0.2, 0.25) is 0 Å². The van der Waals surface area contributed by atoms with E-state index in [4.69, 9.17) is 9.47 Å². The maximum Gasteiger partial charge on any atom is 0.123 e. The van der Waals surface area contributed by atoms with Crippen molar-refractivity contribution in [3.8, 4) is 5.75 Å². The highest BCUT2D eigenvalue weighted by Crippen LogP contribution is 2.23. The van der Waals surface area contributed by atoms with Gasteiger partial charge in [-0.1, -0.05) is 17.7 Å². The lowest BCUT2D eigenvalue weighted by Gasteiger charge is -2.34. The Labute approximate surface area is 109 Å². The molecule has 0 saturated carbocycles. The Morgan fingerprint density at radius 1 is 1.44 bits per heavy atom. The number of methoxy groups -OCH3 is 1. The van der Waals surface area contributed by atoms with Crippen molar-refractivity contribution in [2.75, 3.05) is 20.3 Å². The molecule has 100 valence electrons. The Kier molecular flexibility index (Phi) is 4.25. The molecule has 3 nitrogen and oxygen atoms in total. The van der Waals surface area contributed by atoms with E-state index < -0.39 is 0 Å². The summed E-state index contributed by atoms with van der Waals surface area (Å²) in [5.74, 6) is 0.952. The molecule has 0 aromatic heterocycles. The smallest absolute Gasteiger partial charge is 0.123 e. The topological polar surface area (TPSA) is 30.5 Å². The molecule has 1 saturated heterocycles.